The van der Waals surface area contributed by atoms with Crippen molar-refractivity contribution in [3.63, 3.8) is 0 Å². The second-order valence-corrected chi connectivity index (χ2v) is 5.11. The van der Waals surface area contributed by atoms with Gasteiger partial charge in [-0.05, 0) is 18.9 Å². The fourth-order valence-corrected chi connectivity index (χ4v) is 2.21. The van der Waals surface area contributed by atoms with Gasteiger partial charge in [0.1, 0.15) is 6.04 Å². The molecule has 0 bridgehead atoms. The molecule has 0 spiro atoms. The highest BCUT2D eigenvalue weighted by molar-refractivity contribution is 5.79. The molecular formula is C16H21N3O. The van der Waals surface area contributed by atoms with Crippen molar-refractivity contribution in [1.82, 2.24) is 14.7 Å². The summed E-state index contributed by atoms with van der Waals surface area (Å²) in [5.74, 6) is 0.0507. The van der Waals surface area contributed by atoms with E-state index in [1.165, 1.54) is 0 Å². The predicted molar refractivity (Wildman–Crippen MR) is 80.4 cm³/mol. The van der Waals surface area contributed by atoms with Crippen molar-refractivity contribution in [2.75, 3.05) is 14.1 Å². The van der Waals surface area contributed by atoms with Crippen molar-refractivity contribution >= 4 is 5.91 Å². The first-order chi connectivity index (χ1) is 9.54. The third-order valence-electron chi connectivity index (χ3n) is 3.43. The van der Waals surface area contributed by atoms with E-state index in [-0.39, 0.29) is 11.9 Å². The molecule has 2 rings (SSSR count). The third kappa shape index (κ3) is 2.74. The van der Waals surface area contributed by atoms with E-state index < -0.39 is 0 Å². The summed E-state index contributed by atoms with van der Waals surface area (Å²) in [6.07, 6.45) is 2.88. The Morgan fingerprint density at radius 2 is 1.95 bits per heavy atom. The molecule has 106 valence electrons. The maximum absolute atomic E-state index is 12.1. The van der Waals surface area contributed by atoms with Crippen LogP contribution in [0.25, 0.3) is 11.3 Å². The number of likely N-dealkylation sites (N-methyl/N-ethyl adjacent to an activating group) is 1. The normalized spacial score (nSPS) is 12.2. The van der Waals surface area contributed by atoms with Crippen LogP contribution in [-0.2, 0) is 11.2 Å². The first-order valence-corrected chi connectivity index (χ1v) is 6.89. The molecule has 1 aromatic heterocycles. The van der Waals surface area contributed by atoms with Crippen molar-refractivity contribution in [2.45, 2.75) is 26.3 Å². The van der Waals surface area contributed by atoms with Crippen molar-refractivity contribution in [2.24, 2.45) is 0 Å². The number of rotatable bonds is 4. The summed E-state index contributed by atoms with van der Waals surface area (Å²) >= 11 is 0. The van der Waals surface area contributed by atoms with Gasteiger partial charge in [0.15, 0.2) is 0 Å². The number of carbonyl (C=O) groups excluding carboxylic acids is 1. The van der Waals surface area contributed by atoms with Crippen LogP contribution < -0.4 is 0 Å². The molecule has 0 aliphatic heterocycles. The van der Waals surface area contributed by atoms with Gasteiger partial charge in [0.2, 0.25) is 5.91 Å². The lowest BCUT2D eigenvalue weighted by Crippen LogP contribution is -2.30. The zero-order valence-corrected chi connectivity index (χ0v) is 12.5. The lowest BCUT2D eigenvalue weighted by atomic mass is 10.1. The van der Waals surface area contributed by atoms with E-state index in [1.807, 2.05) is 43.5 Å². The van der Waals surface area contributed by atoms with E-state index in [0.29, 0.717) is 0 Å². The van der Waals surface area contributed by atoms with Gasteiger partial charge in [-0.1, -0.05) is 37.3 Å². The van der Waals surface area contributed by atoms with Crippen LogP contribution in [0, 0.1) is 0 Å². The summed E-state index contributed by atoms with van der Waals surface area (Å²) in [5, 5.41) is 4.62. The second-order valence-electron chi connectivity index (χ2n) is 5.11. The van der Waals surface area contributed by atoms with Crippen LogP contribution in [0.1, 0.15) is 25.5 Å². The number of amides is 1. The maximum Gasteiger partial charge on any atom is 0.246 e. The SMILES string of the molecule is CCc1cn([C@H](C)C(=O)N(C)C)nc1-c1ccccc1. The number of hydrogen-bond acceptors (Lipinski definition) is 2. The highest BCUT2D eigenvalue weighted by Crippen LogP contribution is 2.24. The van der Waals surface area contributed by atoms with E-state index >= 15 is 0 Å². The molecule has 0 fully saturated rings. The van der Waals surface area contributed by atoms with Crippen LogP contribution in [0.4, 0.5) is 0 Å². The quantitative estimate of drug-likeness (QED) is 0.857. The molecule has 0 N–H and O–H groups in total. The molecule has 1 aromatic carbocycles. The molecular weight excluding hydrogens is 250 g/mol. The topological polar surface area (TPSA) is 38.1 Å². The minimum absolute atomic E-state index is 0.0507. The van der Waals surface area contributed by atoms with Crippen LogP contribution in [0.3, 0.4) is 0 Å². The molecule has 20 heavy (non-hydrogen) atoms. The van der Waals surface area contributed by atoms with Gasteiger partial charge < -0.3 is 4.90 Å². The predicted octanol–water partition coefficient (Wildman–Crippen LogP) is 2.76. The number of nitrogens with zero attached hydrogens (tertiary/aromatic N) is 3. The Labute approximate surface area is 120 Å². The molecule has 4 nitrogen and oxygen atoms in total. The maximum atomic E-state index is 12.1. The molecule has 0 aliphatic rings. The lowest BCUT2D eigenvalue weighted by Gasteiger charge is -2.16. The minimum Gasteiger partial charge on any atom is -0.347 e. The molecule has 0 saturated heterocycles. The Balaban J connectivity index is 2.39. The highest BCUT2D eigenvalue weighted by atomic mass is 16.2. The molecule has 0 aliphatic carbocycles. The summed E-state index contributed by atoms with van der Waals surface area (Å²) in [6, 6.07) is 9.80. The van der Waals surface area contributed by atoms with E-state index in [0.717, 1.165) is 23.2 Å². The number of carbonyl (C=O) groups is 1. The molecule has 0 unspecified atom stereocenters. The van der Waals surface area contributed by atoms with Gasteiger partial charge in [-0.15, -0.1) is 0 Å². The Morgan fingerprint density at radius 1 is 1.30 bits per heavy atom. The monoisotopic (exact) mass is 271 g/mol. The molecule has 0 radical (unpaired) electrons. The van der Waals surface area contributed by atoms with Crippen LogP contribution in [-0.4, -0.2) is 34.7 Å². The summed E-state index contributed by atoms with van der Waals surface area (Å²) in [4.78, 5) is 13.7. The Bertz CT molecular complexity index is 587. The van der Waals surface area contributed by atoms with Crippen molar-refractivity contribution < 1.29 is 4.79 Å². The fourth-order valence-electron chi connectivity index (χ4n) is 2.21. The van der Waals surface area contributed by atoms with Gasteiger partial charge in [-0.25, -0.2) is 0 Å². The van der Waals surface area contributed by atoms with Gasteiger partial charge in [-0.3, -0.25) is 9.48 Å². The fraction of sp³-hybridized carbons (Fsp3) is 0.375. The van der Waals surface area contributed by atoms with Crippen molar-refractivity contribution in [3.05, 3.63) is 42.1 Å². The Morgan fingerprint density at radius 3 is 2.50 bits per heavy atom. The van der Waals surface area contributed by atoms with Gasteiger partial charge >= 0.3 is 0 Å². The average Bonchev–Trinajstić information content (AvgIpc) is 2.90. The van der Waals surface area contributed by atoms with E-state index in [9.17, 15) is 4.79 Å². The van der Waals surface area contributed by atoms with E-state index in [2.05, 4.69) is 12.0 Å². The molecule has 0 saturated carbocycles. The number of benzene rings is 1. The van der Waals surface area contributed by atoms with Crippen LogP contribution in [0.15, 0.2) is 36.5 Å². The standard InChI is InChI=1S/C16H21N3O/c1-5-13-11-19(12(2)16(20)18(3)4)17-15(13)14-9-7-6-8-10-14/h6-12H,5H2,1-4H3/t12-/m1/s1. The van der Waals surface area contributed by atoms with Gasteiger partial charge in [0, 0.05) is 25.9 Å². The second kappa shape index (κ2) is 5.90. The highest BCUT2D eigenvalue weighted by Gasteiger charge is 2.20. The Kier molecular flexibility index (Phi) is 4.23. The zero-order chi connectivity index (χ0) is 14.7. The smallest absolute Gasteiger partial charge is 0.246 e. The first kappa shape index (κ1) is 14.3. The van der Waals surface area contributed by atoms with Crippen molar-refractivity contribution in [1.29, 1.82) is 0 Å². The summed E-state index contributed by atoms with van der Waals surface area (Å²) < 4.78 is 1.77. The first-order valence-electron chi connectivity index (χ1n) is 6.89. The molecule has 1 heterocycles. The summed E-state index contributed by atoms with van der Waals surface area (Å²) in [6.45, 7) is 3.98. The summed E-state index contributed by atoms with van der Waals surface area (Å²) in [5.41, 5.74) is 3.22. The van der Waals surface area contributed by atoms with Crippen LogP contribution in [0.2, 0.25) is 0 Å². The van der Waals surface area contributed by atoms with Gasteiger partial charge in [0.25, 0.3) is 0 Å². The van der Waals surface area contributed by atoms with Gasteiger partial charge in [-0.2, -0.15) is 5.10 Å². The van der Waals surface area contributed by atoms with Gasteiger partial charge in [0.05, 0.1) is 5.69 Å². The number of aryl methyl sites for hydroxylation is 1. The summed E-state index contributed by atoms with van der Waals surface area (Å²) in [7, 11) is 3.53. The number of hydrogen-bond donors (Lipinski definition) is 0. The van der Waals surface area contributed by atoms with Crippen molar-refractivity contribution in [3.8, 4) is 11.3 Å². The number of aromatic nitrogens is 2. The molecule has 4 heteroatoms. The lowest BCUT2D eigenvalue weighted by molar-refractivity contribution is -0.131. The largest absolute Gasteiger partial charge is 0.347 e. The van der Waals surface area contributed by atoms with E-state index in [4.69, 9.17) is 0 Å². The Hall–Kier alpha value is -2.10. The molecule has 1 atom stereocenters. The van der Waals surface area contributed by atoms with E-state index in [1.54, 1.807) is 23.7 Å². The molecule has 2 aromatic rings. The average molecular weight is 271 g/mol. The minimum atomic E-state index is -0.284. The zero-order valence-electron chi connectivity index (χ0n) is 12.5. The molecule has 1 amide bonds. The third-order valence-corrected chi connectivity index (χ3v) is 3.43. The van der Waals surface area contributed by atoms with Crippen LogP contribution in [0.5, 0.6) is 0 Å². The van der Waals surface area contributed by atoms with Crippen LogP contribution >= 0.6 is 0 Å².